The number of carboxylic acids is 1. The van der Waals surface area contributed by atoms with Gasteiger partial charge in [-0.15, -0.1) is 0 Å². The van der Waals surface area contributed by atoms with Crippen LogP contribution in [0.2, 0.25) is 10.0 Å². The zero-order valence-corrected chi connectivity index (χ0v) is 12.1. The first kappa shape index (κ1) is 17.2. The smallest absolute Gasteiger partial charge is 0.325 e. The van der Waals surface area contributed by atoms with Gasteiger partial charge < -0.3 is 10.4 Å². The van der Waals surface area contributed by atoms with Crippen LogP contribution in [0.25, 0.3) is 0 Å². The molecule has 0 bridgehead atoms. The number of hydrogen-bond donors (Lipinski definition) is 3. The van der Waals surface area contributed by atoms with Gasteiger partial charge >= 0.3 is 12.0 Å². The molecule has 0 aromatic heterocycles. The van der Waals surface area contributed by atoms with Crippen molar-refractivity contribution in [2.75, 3.05) is 5.32 Å². The molecule has 6 nitrogen and oxygen atoms in total. The molecule has 0 aliphatic heterocycles. The van der Waals surface area contributed by atoms with Crippen LogP contribution < -0.4 is 10.6 Å². The normalized spacial score (nSPS) is 10.0. The Balaban J connectivity index is 2.50. The van der Waals surface area contributed by atoms with Crippen molar-refractivity contribution in [2.24, 2.45) is 0 Å². The van der Waals surface area contributed by atoms with E-state index in [1.165, 1.54) is 0 Å². The second-order valence-electron chi connectivity index (χ2n) is 4.00. The highest BCUT2D eigenvalue weighted by Crippen LogP contribution is 2.27. The molecule has 21 heavy (non-hydrogen) atoms. The fourth-order valence-corrected chi connectivity index (χ4v) is 1.87. The van der Waals surface area contributed by atoms with Gasteiger partial charge in [-0.3, -0.25) is 14.9 Å². The second-order valence-corrected chi connectivity index (χ2v) is 4.82. The van der Waals surface area contributed by atoms with Crippen molar-refractivity contribution in [2.45, 2.75) is 19.3 Å². The number of benzene rings is 1. The minimum Gasteiger partial charge on any atom is -0.481 e. The van der Waals surface area contributed by atoms with Crippen LogP contribution in [0.4, 0.5) is 14.9 Å². The third-order valence-corrected chi connectivity index (χ3v) is 2.84. The second kappa shape index (κ2) is 7.80. The SMILES string of the molecule is O=C(O)CCCC(=O)NC(=O)Nc1cc(Cl)c(F)c(Cl)c1. The van der Waals surface area contributed by atoms with Crippen molar-refractivity contribution < 1.29 is 23.9 Å². The van der Waals surface area contributed by atoms with Crippen LogP contribution in [-0.2, 0) is 9.59 Å². The third kappa shape index (κ3) is 5.97. The Kier molecular flexibility index (Phi) is 6.39. The van der Waals surface area contributed by atoms with Crippen LogP contribution in [0.5, 0.6) is 0 Å². The molecular weight excluding hydrogens is 326 g/mol. The van der Waals surface area contributed by atoms with E-state index < -0.39 is 23.7 Å². The highest BCUT2D eigenvalue weighted by molar-refractivity contribution is 6.35. The van der Waals surface area contributed by atoms with Crippen molar-refractivity contribution in [3.05, 3.63) is 28.0 Å². The van der Waals surface area contributed by atoms with Crippen LogP contribution >= 0.6 is 23.2 Å². The van der Waals surface area contributed by atoms with E-state index in [-0.39, 0.29) is 35.0 Å². The molecule has 0 heterocycles. The van der Waals surface area contributed by atoms with Crippen molar-refractivity contribution in [3.8, 4) is 0 Å². The number of halogens is 3. The van der Waals surface area contributed by atoms with E-state index in [0.29, 0.717) is 0 Å². The standard InChI is InChI=1S/C12H11Cl2FN2O4/c13-7-4-6(5-8(14)11(7)15)16-12(21)17-9(18)2-1-3-10(19)20/h4-5H,1-3H2,(H,19,20)(H2,16,17,18,21). The first-order valence-electron chi connectivity index (χ1n) is 5.76. The number of anilines is 1. The van der Waals surface area contributed by atoms with E-state index in [4.69, 9.17) is 28.3 Å². The molecule has 3 N–H and O–H groups in total. The van der Waals surface area contributed by atoms with Gasteiger partial charge in [0.05, 0.1) is 10.0 Å². The summed E-state index contributed by atoms with van der Waals surface area (Å²) in [5.74, 6) is -2.47. The minimum absolute atomic E-state index is 0.106. The van der Waals surface area contributed by atoms with Gasteiger partial charge in [-0.2, -0.15) is 0 Å². The lowest BCUT2D eigenvalue weighted by Gasteiger charge is -2.08. The molecule has 0 fully saturated rings. The van der Waals surface area contributed by atoms with Gasteiger partial charge in [-0.1, -0.05) is 23.2 Å². The predicted molar refractivity (Wildman–Crippen MR) is 75.1 cm³/mol. The van der Waals surface area contributed by atoms with Crippen LogP contribution in [-0.4, -0.2) is 23.0 Å². The first-order chi connectivity index (χ1) is 9.79. The lowest BCUT2D eigenvalue weighted by atomic mass is 10.2. The maximum Gasteiger partial charge on any atom is 0.325 e. The number of aliphatic carboxylic acids is 1. The average molecular weight is 337 g/mol. The summed E-state index contributed by atoms with van der Waals surface area (Å²) in [5.41, 5.74) is 0.113. The summed E-state index contributed by atoms with van der Waals surface area (Å²) in [6.45, 7) is 0. The molecule has 0 saturated heterocycles. The molecule has 0 radical (unpaired) electrons. The Bertz CT molecular complexity index is 557. The summed E-state index contributed by atoms with van der Waals surface area (Å²) in [5, 5.41) is 12.1. The molecule has 0 saturated carbocycles. The van der Waals surface area contributed by atoms with Gasteiger partial charge in [0, 0.05) is 18.5 Å². The summed E-state index contributed by atoms with van der Waals surface area (Å²) >= 11 is 11.1. The van der Waals surface area contributed by atoms with E-state index in [2.05, 4.69) is 5.32 Å². The highest BCUT2D eigenvalue weighted by Gasteiger charge is 2.12. The van der Waals surface area contributed by atoms with E-state index in [0.717, 1.165) is 12.1 Å². The summed E-state index contributed by atoms with van der Waals surface area (Å²) in [6, 6.07) is 1.42. The molecule has 1 aromatic rings. The Morgan fingerprint density at radius 1 is 1.14 bits per heavy atom. The van der Waals surface area contributed by atoms with Crippen LogP contribution in [0, 0.1) is 5.82 Å². The van der Waals surface area contributed by atoms with Gasteiger partial charge in [-0.25, -0.2) is 9.18 Å². The van der Waals surface area contributed by atoms with Crippen LogP contribution in [0.1, 0.15) is 19.3 Å². The van der Waals surface area contributed by atoms with Crippen molar-refractivity contribution in [1.29, 1.82) is 0 Å². The highest BCUT2D eigenvalue weighted by atomic mass is 35.5. The zero-order chi connectivity index (χ0) is 16.0. The number of rotatable bonds is 5. The number of urea groups is 1. The monoisotopic (exact) mass is 336 g/mol. The Morgan fingerprint density at radius 3 is 2.24 bits per heavy atom. The molecule has 0 aliphatic carbocycles. The molecule has 0 atom stereocenters. The van der Waals surface area contributed by atoms with Crippen molar-refractivity contribution in [1.82, 2.24) is 5.32 Å². The largest absolute Gasteiger partial charge is 0.481 e. The number of nitrogens with one attached hydrogen (secondary N) is 2. The molecule has 1 aromatic carbocycles. The maximum absolute atomic E-state index is 13.2. The van der Waals surface area contributed by atoms with E-state index >= 15 is 0 Å². The Labute approximate surface area is 129 Å². The third-order valence-electron chi connectivity index (χ3n) is 2.29. The maximum atomic E-state index is 13.2. The fraction of sp³-hybridized carbons (Fsp3) is 0.250. The molecule has 0 spiro atoms. The number of imide groups is 1. The lowest BCUT2D eigenvalue weighted by Crippen LogP contribution is -2.34. The summed E-state index contributed by atoms with van der Waals surface area (Å²) in [4.78, 5) is 33.1. The number of carbonyl (C=O) groups is 3. The summed E-state index contributed by atoms with van der Waals surface area (Å²) in [6.07, 6.45) is -0.161. The average Bonchev–Trinajstić information content (AvgIpc) is 2.35. The fourth-order valence-electron chi connectivity index (χ4n) is 1.38. The predicted octanol–water partition coefficient (Wildman–Crippen LogP) is 3.04. The van der Waals surface area contributed by atoms with Gasteiger partial charge in [0.1, 0.15) is 0 Å². The van der Waals surface area contributed by atoms with Gasteiger partial charge in [0.2, 0.25) is 5.91 Å². The van der Waals surface area contributed by atoms with E-state index in [1.54, 1.807) is 0 Å². The van der Waals surface area contributed by atoms with E-state index in [9.17, 15) is 18.8 Å². The van der Waals surface area contributed by atoms with Gasteiger partial charge in [0.25, 0.3) is 0 Å². The summed E-state index contributed by atoms with van der Waals surface area (Å²) in [7, 11) is 0. The number of carboxylic acid groups (broad SMARTS) is 1. The molecular formula is C12H11Cl2FN2O4. The number of hydrogen-bond acceptors (Lipinski definition) is 3. The van der Waals surface area contributed by atoms with Gasteiger partial charge in [0.15, 0.2) is 5.82 Å². The molecule has 1 rings (SSSR count). The molecule has 0 unspecified atom stereocenters. The number of carbonyl (C=O) groups excluding carboxylic acids is 2. The lowest BCUT2D eigenvalue weighted by molar-refractivity contribution is -0.137. The molecule has 3 amide bonds. The quantitative estimate of drug-likeness (QED) is 0.720. The Morgan fingerprint density at radius 2 is 1.71 bits per heavy atom. The van der Waals surface area contributed by atoms with Crippen molar-refractivity contribution in [3.63, 3.8) is 0 Å². The molecule has 114 valence electrons. The molecule has 0 aliphatic rings. The first-order valence-corrected chi connectivity index (χ1v) is 6.52. The number of amides is 3. The van der Waals surface area contributed by atoms with Crippen LogP contribution in [0.3, 0.4) is 0 Å². The van der Waals surface area contributed by atoms with E-state index in [1.807, 2.05) is 5.32 Å². The topological polar surface area (TPSA) is 95.5 Å². The Hall–Kier alpha value is -1.86. The molecule has 9 heteroatoms. The van der Waals surface area contributed by atoms with Crippen LogP contribution in [0.15, 0.2) is 12.1 Å². The minimum atomic E-state index is -1.03. The zero-order valence-electron chi connectivity index (χ0n) is 10.6. The van der Waals surface area contributed by atoms with Crippen molar-refractivity contribution >= 4 is 46.8 Å². The summed E-state index contributed by atoms with van der Waals surface area (Å²) < 4.78 is 13.2. The van der Waals surface area contributed by atoms with Gasteiger partial charge in [-0.05, 0) is 18.6 Å².